The van der Waals surface area contributed by atoms with Gasteiger partial charge >= 0.3 is 12.1 Å². The van der Waals surface area contributed by atoms with E-state index < -0.39 is 77.9 Å². The molecule has 0 saturated carbocycles. The Labute approximate surface area is 260 Å². The van der Waals surface area contributed by atoms with E-state index in [1.807, 2.05) is 30.3 Å². The van der Waals surface area contributed by atoms with Crippen LogP contribution in [0.4, 0.5) is 4.79 Å². The Kier molecular flexibility index (Phi) is 14.7. The first-order valence-corrected chi connectivity index (χ1v) is 14.7. The normalized spacial score (nSPS) is 16.2. The number of aliphatic carboxylic acids is 1. The van der Waals surface area contributed by atoms with E-state index in [2.05, 4.69) is 16.0 Å². The van der Waals surface area contributed by atoms with Gasteiger partial charge in [0.25, 0.3) is 5.91 Å². The second-order valence-corrected chi connectivity index (χ2v) is 10.6. The summed E-state index contributed by atoms with van der Waals surface area (Å²) in [5.74, 6) is -5.59. The lowest BCUT2D eigenvalue weighted by Crippen LogP contribution is -2.62. The Morgan fingerprint density at radius 2 is 1.80 bits per heavy atom. The lowest BCUT2D eigenvalue weighted by Gasteiger charge is -2.32. The van der Waals surface area contributed by atoms with Crippen LogP contribution in [-0.2, 0) is 44.8 Å². The number of benzene rings is 1. The number of Topliss-reactive ketones (excluding diaryl/α,β-unsaturated/α-hetero) is 2. The number of halogens is 1. The summed E-state index contributed by atoms with van der Waals surface area (Å²) >= 11 is 5.55. The van der Waals surface area contributed by atoms with E-state index in [9.17, 15) is 33.6 Å². The zero-order valence-electron chi connectivity index (χ0n) is 24.8. The molecule has 1 heterocycles. The second-order valence-electron chi connectivity index (χ2n) is 10.3. The van der Waals surface area contributed by atoms with Crippen LogP contribution in [0.2, 0.25) is 0 Å². The molecule has 1 fully saturated rings. The molecular weight excluding hydrogens is 600 g/mol. The van der Waals surface area contributed by atoms with Crippen LogP contribution < -0.4 is 16.0 Å². The molecule has 0 bridgehead atoms. The van der Waals surface area contributed by atoms with Gasteiger partial charge < -0.3 is 35.4 Å². The number of rotatable bonds is 18. The van der Waals surface area contributed by atoms with Gasteiger partial charge in [0, 0.05) is 26.6 Å². The minimum Gasteiger partial charge on any atom is -0.481 e. The van der Waals surface area contributed by atoms with Gasteiger partial charge in [-0.05, 0) is 44.6 Å². The summed E-state index contributed by atoms with van der Waals surface area (Å²) < 4.78 is 10.4. The number of unbranched alkanes of at least 4 members (excludes halogenated alkanes) is 1. The van der Waals surface area contributed by atoms with Gasteiger partial charge in [0.1, 0.15) is 12.6 Å². The minimum atomic E-state index is -1.95. The molecule has 14 nitrogen and oxygen atoms in total. The predicted molar refractivity (Wildman–Crippen MR) is 156 cm³/mol. The van der Waals surface area contributed by atoms with Crippen LogP contribution in [0, 0.1) is 0 Å². The van der Waals surface area contributed by atoms with Gasteiger partial charge in [-0.1, -0.05) is 30.3 Å². The molecule has 44 heavy (non-hydrogen) atoms. The fourth-order valence-electron chi connectivity index (χ4n) is 4.50. The summed E-state index contributed by atoms with van der Waals surface area (Å²) in [5.41, 5.74) is -1.13. The van der Waals surface area contributed by atoms with Gasteiger partial charge in [0.15, 0.2) is 0 Å². The minimum absolute atomic E-state index is 0.0823. The average Bonchev–Trinajstić information content (AvgIpc) is 3.51. The summed E-state index contributed by atoms with van der Waals surface area (Å²) in [7, 11) is 1.16. The molecule has 1 aliphatic rings. The van der Waals surface area contributed by atoms with Crippen molar-refractivity contribution in [1.82, 2.24) is 20.9 Å². The van der Waals surface area contributed by atoms with Gasteiger partial charge in [-0.3, -0.25) is 28.8 Å². The molecule has 0 aliphatic carbocycles. The van der Waals surface area contributed by atoms with Crippen molar-refractivity contribution < 1.29 is 48.1 Å². The third-order valence-electron chi connectivity index (χ3n) is 7.03. The van der Waals surface area contributed by atoms with Gasteiger partial charge in [-0.25, -0.2) is 4.79 Å². The van der Waals surface area contributed by atoms with E-state index in [4.69, 9.17) is 26.2 Å². The maximum absolute atomic E-state index is 13.6. The van der Waals surface area contributed by atoms with Crippen molar-refractivity contribution in [3.8, 4) is 0 Å². The van der Waals surface area contributed by atoms with Crippen LogP contribution in [0.15, 0.2) is 30.3 Å². The number of carboxylic acids is 1. The molecule has 1 aromatic carbocycles. The largest absolute Gasteiger partial charge is 0.481 e. The van der Waals surface area contributed by atoms with Crippen molar-refractivity contribution in [1.29, 1.82) is 0 Å². The predicted octanol–water partition coefficient (Wildman–Crippen LogP) is 1.28. The molecule has 0 spiro atoms. The molecule has 1 aromatic rings. The Morgan fingerprint density at radius 3 is 2.43 bits per heavy atom. The van der Waals surface area contributed by atoms with Crippen molar-refractivity contribution in [3.63, 3.8) is 0 Å². The van der Waals surface area contributed by atoms with Crippen molar-refractivity contribution in [2.75, 3.05) is 26.1 Å². The van der Waals surface area contributed by atoms with Crippen LogP contribution in [0.25, 0.3) is 0 Å². The number of carbonyl (C=O) groups excluding carboxylic acids is 6. The number of carboxylic acid groups (broad SMARTS) is 1. The number of ketones is 2. The summed E-state index contributed by atoms with van der Waals surface area (Å²) in [6.07, 6.45) is 0.0643. The molecule has 4 amide bonds. The molecular formula is C29H39ClN4O10. The van der Waals surface area contributed by atoms with Crippen molar-refractivity contribution in [2.45, 2.75) is 76.3 Å². The molecule has 4 N–H and O–H groups in total. The first-order chi connectivity index (χ1) is 20.9. The molecule has 2 rings (SSSR count). The van der Waals surface area contributed by atoms with Crippen molar-refractivity contribution in [2.24, 2.45) is 0 Å². The smallest absolute Gasteiger partial charge is 0.407 e. The van der Waals surface area contributed by atoms with Crippen LogP contribution in [0.1, 0.15) is 57.4 Å². The quantitative estimate of drug-likeness (QED) is 0.0786. The Balaban J connectivity index is 2.06. The number of nitrogens with one attached hydrogen (secondary N) is 3. The number of ether oxygens (including phenoxy) is 2. The Morgan fingerprint density at radius 1 is 1.09 bits per heavy atom. The fourth-order valence-corrected chi connectivity index (χ4v) is 4.63. The first kappa shape index (κ1) is 36.2. The summed E-state index contributed by atoms with van der Waals surface area (Å²) in [5, 5.41) is 16.4. The van der Waals surface area contributed by atoms with Crippen LogP contribution in [-0.4, -0.2) is 95.2 Å². The van der Waals surface area contributed by atoms with Gasteiger partial charge in [-0.15, -0.1) is 11.6 Å². The molecule has 0 unspecified atom stereocenters. The number of alkyl halides is 1. The maximum Gasteiger partial charge on any atom is 0.407 e. The topological polar surface area (TPSA) is 198 Å². The number of nitrogens with zero attached hydrogens (tertiary/aromatic N) is 1. The van der Waals surface area contributed by atoms with E-state index in [0.717, 1.165) is 12.7 Å². The monoisotopic (exact) mass is 638 g/mol. The molecule has 1 aliphatic heterocycles. The van der Waals surface area contributed by atoms with Gasteiger partial charge in [0.2, 0.25) is 29.1 Å². The van der Waals surface area contributed by atoms with E-state index >= 15 is 0 Å². The molecule has 15 heteroatoms. The SMILES string of the molecule is CO[C@@](C)(NC(=O)CCC(=O)O)C(=O)N[C@@H](CCCCNC(=O)OCc1ccccc1)C(=O)N1CCC[C@H]1C(=O)C(=O)CCl. The van der Waals surface area contributed by atoms with E-state index in [0.29, 0.717) is 19.3 Å². The third kappa shape index (κ3) is 11.2. The highest BCUT2D eigenvalue weighted by Gasteiger charge is 2.42. The van der Waals surface area contributed by atoms with Gasteiger partial charge in [-0.2, -0.15) is 0 Å². The van der Waals surface area contributed by atoms with E-state index in [1.54, 1.807) is 0 Å². The number of alkyl carbamates (subject to hydrolysis) is 1. The highest BCUT2D eigenvalue weighted by Crippen LogP contribution is 2.21. The fraction of sp³-hybridized carbons (Fsp3) is 0.552. The molecule has 0 radical (unpaired) electrons. The second kappa shape index (κ2) is 17.9. The Bertz CT molecular complexity index is 1200. The number of hydrogen-bond acceptors (Lipinski definition) is 9. The van der Waals surface area contributed by atoms with Crippen molar-refractivity contribution in [3.05, 3.63) is 35.9 Å². The van der Waals surface area contributed by atoms with Crippen LogP contribution >= 0.6 is 11.6 Å². The average molecular weight is 639 g/mol. The van der Waals surface area contributed by atoms with Crippen LogP contribution in [0.5, 0.6) is 0 Å². The Hall–Kier alpha value is -4.04. The number of methoxy groups -OCH3 is 1. The number of amides is 4. The lowest BCUT2D eigenvalue weighted by atomic mass is 10.0. The standard InChI is InChI=1S/C29H39ClN4O10/c1-29(43-2,33-23(36)13-14-24(37)38)27(41)32-20(26(40)34-16-8-12-21(34)25(39)22(35)17-30)11-6-7-15-31-28(42)44-18-19-9-4-3-5-10-19/h3-5,9-10,20-21H,6-8,11-18H2,1-2H3,(H,31,42)(H,32,41)(H,33,36)(H,37,38)/t20-,21-,29+/m0/s1. The summed E-state index contributed by atoms with van der Waals surface area (Å²) in [6, 6.07) is 6.94. The molecule has 0 aromatic heterocycles. The summed E-state index contributed by atoms with van der Waals surface area (Å²) in [6.45, 7) is 1.74. The first-order valence-electron chi connectivity index (χ1n) is 14.2. The van der Waals surface area contributed by atoms with Gasteiger partial charge in [0.05, 0.1) is 18.3 Å². The highest BCUT2D eigenvalue weighted by atomic mass is 35.5. The number of likely N-dealkylation sites (tertiary alicyclic amines) is 1. The number of carbonyl (C=O) groups is 7. The maximum atomic E-state index is 13.6. The summed E-state index contributed by atoms with van der Waals surface area (Å²) in [4.78, 5) is 87.9. The van der Waals surface area contributed by atoms with E-state index in [-0.39, 0.29) is 32.5 Å². The van der Waals surface area contributed by atoms with Crippen molar-refractivity contribution >= 4 is 53.0 Å². The number of hydrogen-bond donors (Lipinski definition) is 4. The molecule has 3 atom stereocenters. The zero-order chi connectivity index (χ0) is 32.7. The lowest BCUT2D eigenvalue weighted by molar-refractivity contribution is -0.154. The third-order valence-corrected chi connectivity index (χ3v) is 7.27. The highest BCUT2D eigenvalue weighted by molar-refractivity contribution is 6.48. The van der Waals surface area contributed by atoms with Crippen LogP contribution in [0.3, 0.4) is 0 Å². The zero-order valence-corrected chi connectivity index (χ0v) is 25.5. The van der Waals surface area contributed by atoms with E-state index in [1.165, 1.54) is 11.8 Å². The molecule has 1 saturated heterocycles. The molecule has 242 valence electrons.